The Kier molecular flexibility index (Phi) is 2.36. The van der Waals surface area contributed by atoms with Crippen LogP contribution in [0.15, 0.2) is 48.5 Å². The van der Waals surface area contributed by atoms with Crippen LogP contribution >= 0.6 is 0 Å². The molecule has 4 rings (SSSR count). The van der Waals surface area contributed by atoms with Crippen LogP contribution in [0.25, 0.3) is 21.5 Å². The summed E-state index contributed by atoms with van der Waals surface area (Å²) in [6, 6.07) is 17.4. The zero-order chi connectivity index (χ0) is 12.8. The van der Waals surface area contributed by atoms with Crippen LogP contribution < -0.4 is 0 Å². The van der Waals surface area contributed by atoms with Gasteiger partial charge in [0.25, 0.3) is 0 Å². The summed E-state index contributed by atoms with van der Waals surface area (Å²) in [6.45, 7) is 0. The van der Waals surface area contributed by atoms with Gasteiger partial charge >= 0.3 is 0 Å². The quantitative estimate of drug-likeness (QED) is 0.599. The number of aliphatic hydroxyl groups is 1. The van der Waals surface area contributed by atoms with Gasteiger partial charge in [-0.25, -0.2) is 0 Å². The molecule has 94 valence electrons. The van der Waals surface area contributed by atoms with Crippen molar-refractivity contribution in [1.29, 1.82) is 0 Å². The second-order valence-corrected chi connectivity index (χ2v) is 5.48. The topological polar surface area (TPSA) is 20.2 Å². The maximum atomic E-state index is 9.80. The summed E-state index contributed by atoms with van der Waals surface area (Å²) < 4.78 is 0. The van der Waals surface area contributed by atoms with Crippen molar-refractivity contribution < 1.29 is 5.11 Å². The fourth-order valence-electron chi connectivity index (χ4n) is 3.35. The summed E-state index contributed by atoms with van der Waals surface area (Å²) in [5.74, 6) is 0. The molecule has 1 N–H and O–H groups in total. The molecule has 0 saturated carbocycles. The van der Waals surface area contributed by atoms with E-state index in [1.165, 1.54) is 32.7 Å². The Hall–Kier alpha value is -1.86. The number of fused-ring (bicyclic) bond motifs is 5. The molecule has 3 aromatic rings. The van der Waals surface area contributed by atoms with Crippen LogP contribution in [0.5, 0.6) is 0 Å². The molecule has 3 aromatic carbocycles. The van der Waals surface area contributed by atoms with E-state index in [1.54, 1.807) is 0 Å². The van der Waals surface area contributed by atoms with Crippen molar-refractivity contribution in [2.24, 2.45) is 0 Å². The molecule has 1 aliphatic rings. The van der Waals surface area contributed by atoms with Gasteiger partial charge in [0.2, 0.25) is 0 Å². The number of rotatable bonds is 0. The highest BCUT2D eigenvalue weighted by Gasteiger charge is 2.18. The third-order valence-corrected chi connectivity index (χ3v) is 4.32. The van der Waals surface area contributed by atoms with Crippen molar-refractivity contribution in [3.05, 3.63) is 59.7 Å². The summed E-state index contributed by atoms with van der Waals surface area (Å²) in [4.78, 5) is 0. The van der Waals surface area contributed by atoms with Crippen LogP contribution in [-0.4, -0.2) is 11.2 Å². The molecule has 0 aliphatic heterocycles. The first kappa shape index (κ1) is 11.0. The van der Waals surface area contributed by atoms with E-state index in [0.717, 1.165) is 19.3 Å². The van der Waals surface area contributed by atoms with E-state index in [9.17, 15) is 5.11 Å². The SMILES string of the molecule is OC1CCc2c(ccc3c2ccc2ccccc23)C1. The third-order valence-electron chi connectivity index (χ3n) is 4.32. The normalized spacial score (nSPS) is 18.7. The minimum Gasteiger partial charge on any atom is -0.393 e. The second-order valence-electron chi connectivity index (χ2n) is 5.48. The molecule has 0 bridgehead atoms. The summed E-state index contributed by atoms with van der Waals surface area (Å²) in [7, 11) is 0. The molecule has 0 aromatic heterocycles. The molecule has 0 spiro atoms. The fraction of sp³-hybridized carbons (Fsp3) is 0.222. The molecule has 1 atom stereocenters. The summed E-state index contributed by atoms with van der Waals surface area (Å²) in [5, 5.41) is 15.1. The van der Waals surface area contributed by atoms with Crippen molar-refractivity contribution in [2.45, 2.75) is 25.4 Å². The smallest absolute Gasteiger partial charge is 0.0583 e. The van der Waals surface area contributed by atoms with E-state index >= 15 is 0 Å². The van der Waals surface area contributed by atoms with Crippen LogP contribution in [0.4, 0.5) is 0 Å². The van der Waals surface area contributed by atoms with Gasteiger partial charge in [-0.2, -0.15) is 0 Å². The lowest BCUT2D eigenvalue weighted by Gasteiger charge is -2.22. The van der Waals surface area contributed by atoms with Crippen LogP contribution in [0.2, 0.25) is 0 Å². The van der Waals surface area contributed by atoms with Gasteiger partial charge in [0.1, 0.15) is 0 Å². The van der Waals surface area contributed by atoms with Gasteiger partial charge in [0.15, 0.2) is 0 Å². The van der Waals surface area contributed by atoms with E-state index in [0.29, 0.717) is 0 Å². The molecule has 19 heavy (non-hydrogen) atoms. The predicted molar refractivity (Wildman–Crippen MR) is 79.5 cm³/mol. The molecule has 1 aliphatic carbocycles. The standard InChI is InChI=1S/C18H16O/c19-14-7-10-16-13(11-14)6-9-17-15-4-2-1-3-12(15)5-8-18(16)17/h1-6,8-9,14,19H,7,10-11H2. The molecule has 0 saturated heterocycles. The predicted octanol–water partition coefficient (Wildman–Crippen LogP) is 3.84. The molecule has 1 heteroatoms. The van der Waals surface area contributed by atoms with Crippen LogP contribution in [-0.2, 0) is 12.8 Å². The average Bonchev–Trinajstić information content (AvgIpc) is 2.46. The highest BCUT2D eigenvalue weighted by molar-refractivity contribution is 6.08. The molecule has 1 unspecified atom stereocenters. The molecular formula is C18H16O. The van der Waals surface area contributed by atoms with Crippen LogP contribution in [0.1, 0.15) is 17.5 Å². The number of benzene rings is 3. The Morgan fingerprint density at radius 2 is 1.68 bits per heavy atom. The molecule has 1 nitrogen and oxygen atoms in total. The molecule has 0 fully saturated rings. The van der Waals surface area contributed by atoms with E-state index in [4.69, 9.17) is 0 Å². The Morgan fingerprint density at radius 1 is 0.842 bits per heavy atom. The largest absolute Gasteiger partial charge is 0.393 e. The maximum Gasteiger partial charge on any atom is 0.0583 e. The number of hydrogen-bond donors (Lipinski definition) is 1. The second kappa shape index (κ2) is 4.07. The highest BCUT2D eigenvalue weighted by Crippen LogP contribution is 2.33. The fourth-order valence-corrected chi connectivity index (χ4v) is 3.35. The van der Waals surface area contributed by atoms with E-state index in [-0.39, 0.29) is 6.10 Å². The number of aryl methyl sites for hydroxylation is 1. The van der Waals surface area contributed by atoms with Gasteiger partial charge in [0.05, 0.1) is 6.10 Å². The lowest BCUT2D eigenvalue weighted by atomic mass is 9.85. The lowest BCUT2D eigenvalue weighted by Crippen LogP contribution is -2.18. The number of hydrogen-bond acceptors (Lipinski definition) is 1. The molecule has 0 heterocycles. The number of aliphatic hydroxyl groups excluding tert-OH is 1. The Balaban J connectivity index is 2.08. The maximum absolute atomic E-state index is 9.80. The minimum atomic E-state index is -0.162. The first-order chi connectivity index (χ1) is 9.33. The first-order valence-corrected chi connectivity index (χ1v) is 6.93. The van der Waals surface area contributed by atoms with Crippen LogP contribution in [0.3, 0.4) is 0 Å². The molecule has 0 radical (unpaired) electrons. The Bertz CT molecular complexity index is 773. The van der Waals surface area contributed by atoms with E-state index < -0.39 is 0 Å². The summed E-state index contributed by atoms with van der Waals surface area (Å²) in [5.41, 5.74) is 2.76. The van der Waals surface area contributed by atoms with Crippen molar-refractivity contribution in [1.82, 2.24) is 0 Å². The van der Waals surface area contributed by atoms with Crippen molar-refractivity contribution in [3.8, 4) is 0 Å². The van der Waals surface area contributed by atoms with E-state index in [1.807, 2.05) is 0 Å². The Labute approximate surface area is 112 Å². The molecule has 0 amide bonds. The Morgan fingerprint density at radius 3 is 2.63 bits per heavy atom. The van der Waals surface area contributed by atoms with Crippen molar-refractivity contribution >= 4 is 21.5 Å². The first-order valence-electron chi connectivity index (χ1n) is 6.93. The highest BCUT2D eigenvalue weighted by atomic mass is 16.3. The van der Waals surface area contributed by atoms with Gasteiger partial charge < -0.3 is 5.11 Å². The van der Waals surface area contributed by atoms with Crippen molar-refractivity contribution in [3.63, 3.8) is 0 Å². The van der Waals surface area contributed by atoms with E-state index in [2.05, 4.69) is 48.5 Å². The summed E-state index contributed by atoms with van der Waals surface area (Å²) >= 11 is 0. The van der Waals surface area contributed by atoms with Crippen LogP contribution in [0, 0.1) is 0 Å². The monoisotopic (exact) mass is 248 g/mol. The average molecular weight is 248 g/mol. The third kappa shape index (κ3) is 1.66. The summed E-state index contributed by atoms with van der Waals surface area (Å²) in [6.07, 6.45) is 2.52. The van der Waals surface area contributed by atoms with Gasteiger partial charge in [0, 0.05) is 0 Å². The lowest BCUT2D eigenvalue weighted by molar-refractivity contribution is 0.159. The zero-order valence-corrected chi connectivity index (χ0v) is 10.8. The zero-order valence-electron chi connectivity index (χ0n) is 10.8. The van der Waals surface area contributed by atoms with Gasteiger partial charge in [-0.3, -0.25) is 0 Å². The molecular weight excluding hydrogens is 232 g/mol. The minimum absolute atomic E-state index is 0.162. The van der Waals surface area contributed by atoms with Gasteiger partial charge in [-0.15, -0.1) is 0 Å². The van der Waals surface area contributed by atoms with Gasteiger partial charge in [-0.05, 0) is 51.9 Å². The van der Waals surface area contributed by atoms with Crippen molar-refractivity contribution in [2.75, 3.05) is 0 Å². The van der Waals surface area contributed by atoms with Gasteiger partial charge in [-0.1, -0.05) is 48.5 Å².